The molecule has 0 amide bonds. The number of alkyl halides is 3. The van der Waals surface area contributed by atoms with Crippen molar-refractivity contribution in [2.24, 2.45) is 0 Å². The number of hydrogen-bond acceptors (Lipinski definition) is 5. The number of hydrogen-bond donors (Lipinski definition) is 0. The molecule has 0 fully saturated rings. The van der Waals surface area contributed by atoms with Crippen LogP contribution in [0.3, 0.4) is 0 Å². The molecule has 2 rings (SSSR count). The van der Waals surface area contributed by atoms with Gasteiger partial charge in [0.15, 0.2) is 0 Å². The second-order valence-electron chi connectivity index (χ2n) is 5.01. The second-order valence-corrected chi connectivity index (χ2v) is 8.94. The van der Waals surface area contributed by atoms with Crippen LogP contribution >= 0.6 is 0 Å². The fourth-order valence-corrected chi connectivity index (χ4v) is 4.72. The molecule has 1 heterocycles. The largest absolute Gasteiger partial charge is 0.501 e. The first-order valence-corrected chi connectivity index (χ1v) is 9.66. The monoisotopic (exact) mass is 394 g/mol. The summed E-state index contributed by atoms with van der Waals surface area (Å²) < 4.78 is 87.9. The van der Waals surface area contributed by atoms with E-state index in [2.05, 4.69) is 4.98 Å². The number of nitrogens with zero attached hydrogens (tertiary/aromatic N) is 2. The summed E-state index contributed by atoms with van der Waals surface area (Å²) in [5.41, 5.74) is -5.07. The molecule has 0 unspecified atom stereocenters. The van der Waals surface area contributed by atoms with Gasteiger partial charge in [-0.15, -0.1) is 0 Å². The molecule has 11 heteroatoms. The first kappa shape index (κ1) is 19.3. The van der Waals surface area contributed by atoms with Gasteiger partial charge in [-0.1, -0.05) is 12.1 Å². The highest BCUT2D eigenvalue weighted by Gasteiger charge is 2.49. The molecule has 0 aliphatic heterocycles. The summed E-state index contributed by atoms with van der Waals surface area (Å²) >= 11 is 0. The Kier molecular flexibility index (Phi) is 5.21. The number of pyridine rings is 1. The zero-order chi connectivity index (χ0) is 18.9. The summed E-state index contributed by atoms with van der Waals surface area (Å²) in [5, 5.41) is 0. The van der Waals surface area contributed by atoms with Crippen molar-refractivity contribution in [1.29, 1.82) is 0 Å². The molecule has 0 aliphatic rings. The Morgan fingerprint density at radius 3 is 2.00 bits per heavy atom. The highest BCUT2D eigenvalue weighted by atomic mass is 32.2. The Balaban J connectivity index is 2.51. The molecular formula is C14H13F3N2O4S2. The molecule has 0 bridgehead atoms. The van der Waals surface area contributed by atoms with Crippen molar-refractivity contribution in [2.45, 2.75) is 21.8 Å². The van der Waals surface area contributed by atoms with E-state index < -0.39 is 35.2 Å². The lowest BCUT2D eigenvalue weighted by atomic mass is 10.3. The van der Waals surface area contributed by atoms with Gasteiger partial charge in [0.2, 0.25) is 10.0 Å². The third-order valence-electron chi connectivity index (χ3n) is 3.29. The van der Waals surface area contributed by atoms with E-state index in [1.54, 1.807) is 0 Å². The number of benzene rings is 1. The number of aromatic nitrogens is 1. The number of halogens is 3. The number of sulfone groups is 1. The molecule has 1 aromatic carbocycles. The average molecular weight is 394 g/mol. The van der Waals surface area contributed by atoms with Gasteiger partial charge >= 0.3 is 5.51 Å². The van der Waals surface area contributed by atoms with Crippen LogP contribution in [-0.2, 0) is 26.4 Å². The molecule has 0 saturated heterocycles. The van der Waals surface area contributed by atoms with Crippen LogP contribution in [0.1, 0.15) is 5.56 Å². The van der Waals surface area contributed by atoms with E-state index in [1.165, 1.54) is 24.5 Å². The van der Waals surface area contributed by atoms with Gasteiger partial charge in [0.25, 0.3) is 9.84 Å². The molecule has 0 atom stereocenters. The highest BCUT2D eigenvalue weighted by molar-refractivity contribution is 7.94. The molecule has 2 aromatic rings. The molecule has 25 heavy (non-hydrogen) atoms. The standard InChI is InChI=1S/C14H13F3N2O4S2/c1-19(10-11-6-8-18-9-7-11)25(22,23)13-5-3-2-4-12(13)24(20,21)14(15,16)17/h2-9H,10H2,1H3. The second kappa shape index (κ2) is 6.73. The molecular weight excluding hydrogens is 381 g/mol. The highest BCUT2D eigenvalue weighted by Crippen LogP contribution is 2.34. The molecule has 0 aliphatic carbocycles. The first-order valence-electron chi connectivity index (χ1n) is 6.73. The Labute approximate surface area is 142 Å². The zero-order valence-electron chi connectivity index (χ0n) is 12.8. The predicted octanol–water partition coefficient (Wildman–Crippen LogP) is 2.20. The molecule has 1 aromatic heterocycles. The summed E-state index contributed by atoms with van der Waals surface area (Å²) in [5.74, 6) is 0. The minimum absolute atomic E-state index is 0.161. The topological polar surface area (TPSA) is 84.4 Å². The number of sulfonamides is 1. The molecule has 0 spiro atoms. The summed E-state index contributed by atoms with van der Waals surface area (Å²) in [4.78, 5) is 1.55. The summed E-state index contributed by atoms with van der Waals surface area (Å²) in [6.07, 6.45) is 2.86. The predicted molar refractivity (Wildman–Crippen MR) is 82.6 cm³/mol. The van der Waals surface area contributed by atoms with Crippen molar-refractivity contribution < 1.29 is 30.0 Å². The molecule has 0 radical (unpaired) electrons. The quantitative estimate of drug-likeness (QED) is 0.776. The van der Waals surface area contributed by atoms with Crippen molar-refractivity contribution >= 4 is 19.9 Å². The zero-order valence-corrected chi connectivity index (χ0v) is 14.4. The van der Waals surface area contributed by atoms with E-state index in [0.717, 1.165) is 29.6 Å². The van der Waals surface area contributed by atoms with Crippen LogP contribution in [0.25, 0.3) is 0 Å². The first-order chi connectivity index (χ1) is 11.5. The maximum absolute atomic E-state index is 12.8. The fraction of sp³-hybridized carbons (Fsp3) is 0.214. The molecule has 0 N–H and O–H groups in total. The van der Waals surface area contributed by atoms with Gasteiger partial charge in [-0.2, -0.15) is 17.5 Å². The van der Waals surface area contributed by atoms with E-state index in [1.807, 2.05) is 0 Å². The minimum atomic E-state index is -5.81. The van der Waals surface area contributed by atoms with E-state index in [0.29, 0.717) is 11.6 Å². The third kappa shape index (κ3) is 3.83. The smallest absolute Gasteiger partial charge is 0.265 e. The van der Waals surface area contributed by atoms with Gasteiger partial charge in [0.05, 0.1) is 4.90 Å². The van der Waals surface area contributed by atoms with Crippen LogP contribution in [0.15, 0.2) is 58.6 Å². The van der Waals surface area contributed by atoms with Crippen molar-refractivity contribution in [3.63, 3.8) is 0 Å². The summed E-state index contributed by atoms with van der Waals surface area (Å²) in [7, 11) is -9.14. The van der Waals surface area contributed by atoms with E-state index in [-0.39, 0.29) is 6.54 Å². The lowest BCUT2D eigenvalue weighted by Gasteiger charge is -2.19. The van der Waals surface area contributed by atoms with E-state index in [9.17, 15) is 30.0 Å². The SMILES string of the molecule is CN(Cc1ccncc1)S(=O)(=O)c1ccccc1S(=O)(=O)C(F)(F)F. The molecule has 6 nitrogen and oxygen atoms in total. The van der Waals surface area contributed by atoms with Gasteiger partial charge in [-0.25, -0.2) is 16.8 Å². The number of rotatable bonds is 5. The lowest BCUT2D eigenvalue weighted by Crippen LogP contribution is -2.30. The van der Waals surface area contributed by atoms with Crippen LogP contribution in [-0.4, -0.2) is 38.7 Å². The third-order valence-corrected chi connectivity index (χ3v) is 6.82. The Morgan fingerprint density at radius 2 is 1.48 bits per heavy atom. The van der Waals surface area contributed by atoms with Crippen molar-refractivity contribution in [3.8, 4) is 0 Å². The van der Waals surface area contributed by atoms with Gasteiger partial charge in [0.1, 0.15) is 4.90 Å². The van der Waals surface area contributed by atoms with Crippen molar-refractivity contribution in [2.75, 3.05) is 7.05 Å². The fourth-order valence-electron chi connectivity index (χ4n) is 2.01. The van der Waals surface area contributed by atoms with E-state index in [4.69, 9.17) is 0 Å². The van der Waals surface area contributed by atoms with Crippen LogP contribution in [0, 0.1) is 0 Å². The van der Waals surface area contributed by atoms with Crippen molar-refractivity contribution in [1.82, 2.24) is 9.29 Å². The maximum Gasteiger partial charge on any atom is 0.501 e. The Morgan fingerprint density at radius 1 is 0.960 bits per heavy atom. The van der Waals surface area contributed by atoms with Crippen LogP contribution in [0.2, 0.25) is 0 Å². The Hall–Kier alpha value is -1.98. The lowest BCUT2D eigenvalue weighted by molar-refractivity contribution is -0.0437. The van der Waals surface area contributed by atoms with Crippen LogP contribution in [0.5, 0.6) is 0 Å². The minimum Gasteiger partial charge on any atom is -0.265 e. The summed E-state index contributed by atoms with van der Waals surface area (Å²) in [6.45, 7) is -0.161. The van der Waals surface area contributed by atoms with Crippen molar-refractivity contribution in [3.05, 3.63) is 54.4 Å². The van der Waals surface area contributed by atoms with Gasteiger partial charge in [-0.3, -0.25) is 4.98 Å². The van der Waals surface area contributed by atoms with Gasteiger partial charge in [0, 0.05) is 26.0 Å². The van der Waals surface area contributed by atoms with Gasteiger partial charge < -0.3 is 0 Å². The average Bonchev–Trinajstić information content (AvgIpc) is 2.54. The maximum atomic E-state index is 12.8. The van der Waals surface area contributed by atoms with Gasteiger partial charge in [-0.05, 0) is 29.8 Å². The summed E-state index contributed by atoms with van der Waals surface area (Å²) in [6, 6.07) is 6.70. The van der Waals surface area contributed by atoms with Crippen LogP contribution < -0.4 is 0 Å². The molecule has 0 saturated carbocycles. The van der Waals surface area contributed by atoms with Crippen LogP contribution in [0.4, 0.5) is 13.2 Å². The normalized spacial score (nSPS) is 13.2. The Bertz CT molecular complexity index is 959. The van der Waals surface area contributed by atoms with E-state index >= 15 is 0 Å². The molecule has 136 valence electrons.